The topological polar surface area (TPSA) is 79.2 Å². The van der Waals surface area contributed by atoms with Crippen LogP contribution >= 0.6 is 0 Å². The Balaban J connectivity index is 1.33. The molecule has 0 saturated carbocycles. The summed E-state index contributed by atoms with van der Waals surface area (Å²) in [6.45, 7) is 3.33. The lowest BCUT2D eigenvalue weighted by atomic mass is 10.1. The van der Waals surface area contributed by atoms with E-state index in [1.165, 1.54) is 6.07 Å². The molecule has 0 unspecified atom stereocenters. The lowest BCUT2D eigenvalue weighted by Crippen LogP contribution is -2.21. The Kier molecular flexibility index (Phi) is 6.38. The normalized spacial score (nSPS) is 11.3. The summed E-state index contributed by atoms with van der Waals surface area (Å²) < 4.78 is 24.3. The van der Waals surface area contributed by atoms with E-state index in [0.717, 1.165) is 24.2 Å². The van der Waals surface area contributed by atoms with Gasteiger partial charge in [0.2, 0.25) is 0 Å². The first-order valence-corrected chi connectivity index (χ1v) is 11.5. The molecule has 8 nitrogen and oxygen atoms in total. The van der Waals surface area contributed by atoms with E-state index in [-0.39, 0.29) is 24.5 Å². The monoisotopic (exact) mass is 472 g/mol. The Morgan fingerprint density at radius 3 is 2.66 bits per heavy atom. The van der Waals surface area contributed by atoms with Crippen molar-refractivity contribution in [1.29, 1.82) is 0 Å². The number of ether oxygens (including phenoxy) is 1. The molecule has 0 amide bonds. The van der Waals surface area contributed by atoms with Crippen molar-refractivity contribution in [2.75, 3.05) is 6.61 Å². The van der Waals surface area contributed by atoms with E-state index in [9.17, 15) is 9.18 Å². The number of hydrogen-bond acceptors (Lipinski definition) is 5. The molecule has 5 aromatic rings. The number of hydrogen-bond donors (Lipinski definition) is 0. The van der Waals surface area contributed by atoms with Crippen molar-refractivity contribution in [2.45, 2.75) is 32.9 Å². The third-order valence-corrected chi connectivity index (χ3v) is 5.73. The van der Waals surface area contributed by atoms with Crippen molar-refractivity contribution in [3.8, 4) is 17.0 Å². The highest BCUT2D eigenvalue weighted by atomic mass is 19.1. The number of rotatable bonds is 9. The van der Waals surface area contributed by atoms with Crippen LogP contribution in [0.3, 0.4) is 0 Å². The molecule has 0 radical (unpaired) electrons. The van der Waals surface area contributed by atoms with Gasteiger partial charge >= 0.3 is 0 Å². The maximum absolute atomic E-state index is 13.9. The molecule has 0 bridgehead atoms. The van der Waals surface area contributed by atoms with Crippen molar-refractivity contribution in [2.24, 2.45) is 0 Å². The zero-order valence-corrected chi connectivity index (χ0v) is 19.3. The van der Waals surface area contributed by atoms with Crippen LogP contribution in [-0.4, -0.2) is 35.8 Å². The van der Waals surface area contributed by atoms with Crippen LogP contribution in [0, 0.1) is 5.82 Å². The minimum absolute atomic E-state index is 0.186. The maximum Gasteiger partial charge on any atom is 0.276 e. The van der Waals surface area contributed by atoms with Crippen LogP contribution in [0.2, 0.25) is 0 Å². The molecule has 5 rings (SSSR count). The first kappa shape index (κ1) is 22.5. The highest BCUT2D eigenvalue weighted by molar-refractivity contribution is 5.66. The Morgan fingerprint density at radius 1 is 1.03 bits per heavy atom. The molecule has 0 atom stereocenters. The molecule has 0 N–H and O–H groups in total. The highest BCUT2D eigenvalue weighted by Gasteiger charge is 2.11. The fourth-order valence-corrected chi connectivity index (χ4v) is 3.81. The number of unbranched alkanes of at least 4 members (excludes halogenated alkanes) is 1. The van der Waals surface area contributed by atoms with E-state index >= 15 is 0 Å². The van der Waals surface area contributed by atoms with Gasteiger partial charge in [0.15, 0.2) is 0 Å². The van der Waals surface area contributed by atoms with E-state index in [4.69, 9.17) is 4.74 Å². The van der Waals surface area contributed by atoms with Crippen molar-refractivity contribution in [1.82, 2.24) is 29.2 Å². The average molecular weight is 473 g/mol. The zero-order valence-electron chi connectivity index (χ0n) is 19.3. The molecule has 0 saturated heterocycles. The van der Waals surface area contributed by atoms with Crippen LogP contribution in [0.5, 0.6) is 5.75 Å². The summed E-state index contributed by atoms with van der Waals surface area (Å²) >= 11 is 0. The van der Waals surface area contributed by atoms with Crippen LogP contribution in [0.15, 0.2) is 78.0 Å². The fraction of sp³-hybridized carbons (Fsp3) is 0.231. The summed E-state index contributed by atoms with van der Waals surface area (Å²) in [6.07, 6.45) is 7.24. The van der Waals surface area contributed by atoms with Gasteiger partial charge in [-0.05, 0) is 42.8 Å². The third-order valence-electron chi connectivity index (χ3n) is 5.73. The summed E-state index contributed by atoms with van der Waals surface area (Å²) in [5, 5.41) is 12.8. The van der Waals surface area contributed by atoms with Gasteiger partial charge in [0.1, 0.15) is 22.8 Å². The minimum Gasteiger partial charge on any atom is -0.494 e. The van der Waals surface area contributed by atoms with Gasteiger partial charge in [-0.2, -0.15) is 5.10 Å². The van der Waals surface area contributed by atoms with Gasteiger partial charge in [-0.1, -0.05) is 36.8 Å². The number of halogens is 1. The first-order chi connectivity index (χ1) is 17.1. The van der Waals surface area contributed by atoms with Gasteiger partial charge < -0.3 is 9.30 Å². The predicted octanol–water partition coefficient (Wildman–Crippen LogP) is 4.17. The Morgan fingerprint density at radius 2 is 1.86 bits per heavy atom. The van der Waals surface area contributed by atoms with Crippen LogP contribution in [0.4, 0.5) is 4.39 Å². The smallest absolute Gasteiger partial charge is 0.276 e. The van der Waals surface area contributed by atoms with Gasteiger partial charge in [0.25, 0.3) is 5.56 Å². The molecule has 0 aliphatic heterocycles. The SMILES string of the molecule is CCCCOc1ccc(-c2cc3c(=O)n(Cc4cn(Cc5ccccc5F)nn4)ccn3n2)cc1. The Hall–Kier alpha value is -4.27. The van der Waals surface area contributed by atoms with E-state index in [1.807, 2.05) is 24.3 Å². The number of nitrogens with zero attached hydrogens (tertiary/aromatic N) is 6. The Labute approximate surface area is 201 Å². The van der Waals surface area contributed by atoms with Crippen molar-refractivity contribution < 1.29 is 9.13 Å². The number of fused-ring (bicyclic) bond motifs is 1. The largest absolute Gasteiger partial charge is 0.494 e. The lowest BCUT2D eigenvalue weighted by Gasteiger charge is -2.05. The standard InChI is InChI=1S/C26H25FN6O2/c1-2-3-14-35-22-10-8-19(9-11-22)24-15-25-26(34)31(12-13-33(25)29-24)17-21-18-32(30-28-21)16-20-6-4-5-7-23(20)27/h4-13,15,18H,2-3,14,16-17H2,1H3. The summed E-state index contributed by atoms with van der Waals surface area (Å²) in [5.74, 6) is 0.526. The van der Waals surface area contributed by atoms with Gasteiger partial charge in [0.05, 0.1) is 31.6 Å². The average Bonchev–Trinajstić information content (AvgIpc) is 3.50. The third kappa shape index (κ3) is 4.98. The lowest BCUT2D eigenvalue weighted by molar-refractivity contribution is 0.309. The van der Waals surface area contributed by atoms with E-state index < -0.39 is 0 Å². The molecule has 0 spiro atoms. The quantitative estimate of drug-likeness (QED) is 0.301. The van der Waals surface area contributed by atoms with Crippen LogP contribution < -0.4 is 10.3 Å². The van der Waals surface area contributed by atoms with E-state index in [2.05, 4.69) is 22.3 Å². The molecule has 0 fully saturated rings. The fourth-order valence-electron chi connectivity index (χ4n) is 3.81. The number of benzene rings is 2. The second kappa shape index (κ2) is 9.92. The first-order valence-electron chi connectivity index (χ1n) is 11.5. The van der Waals surface area contributed by atoms with Crippen LogP contribution in [0.25, 0.3) is 16.8 Å². The zero-order chi connectivity index (χ0) is 24.2. The maximum atomic E-state index is 13.9. The molecule has 3 aromatic heterocycles. The molecular formula is C26H25FN6O2. The summed E-state index contributed by atoms with van der Waals surface area (Å²) in [4.78, 5) is 13.1. The van der Waals surface area contributed by atoms with Crippen molar-refractivity contribution >= 4 is 5.52 Å². The van der Waals surface area contributed by atoms with Crippen LogP contribution in [-0.2, 0) is 13.1 Å². The molecule has 9 heteroatoms. The van der Waals surface area contributed by atoms with Gasteiger partial charge in [-0.15, -0.1) is 5.10 Å². The van der Waals surface area contributed by atoms with E-state index in [0.29, 0.717) is 29.1 Å². The molecule has 35 heavy (non-hydrogen) atoms. The molecule has 3 heterocycles. The van der Waals surface area contributed by atoms with Gasteiger partial charge in [-0.3, -0.25) is 4.79 Å². The van der Waals surface area contributed by atoms with Gasteiger partial charge in [-0.25, -0.2) is 13.6 Å². The molecule has 0 aliphatic rings. The molecule has 2 aromatic carbocycles. The highest BCUT2D eigenvalue weighted by Crippen LogP contribution is 2.22. The van der Waals surface area contributed by atoms with Gasteiger partial charge in [0, 0.05) is 23.5 Å². The number of aromatic nitrogens is 6. The van der Waals surface area contributed by atoms with Crippen molar-refractivity contribution in [3.05, 3.63) is 101 Å². The van der Waals surface area contributed by atoms with E-state index in [1.54, 1.807) is 56.6 Å². The minimum atomic E-state index is -0.290. The Bertz CT molecular complexity index is 1500. The summed E-state index contributed by atoms with van der Waals surface area (Å²) in [5.41, 5.74) is 3.01. The van der Waals surface area contributed by atoms with Crippen molar-refractivity contribution in [3.63, 3.8) is 0 Å². The second-order valence-corrected chi connectivity index (χ2v) is 8.32. The predicted molar refractivity (Wildman–Crippen MR) is 130 cm³/mol. The van der Waals surface area contributed by atoms with Crippen LogP contribution in [0.1, 0.15) is 31.0 Å². The molecule has 0 aliphatic carbocycles. The summed E-state index contributed by atoms with van der Waals surface area (Å²) in [7, 11) is 0. The molecule has 178 valence electrons. The second-order valence-electron chi connectivity index (χ2n) is 8.32. The summed E-state index contributed by atoms with van der Waals surface area (Å²) in [6, 6.07) is 16.0. The molecular weight excluding hydrogens is 447 g/mol.